The molecule has 0 aliphatic rings. The summed E-state index contributed by atoms with van der Waals surface area (Å²) in [7, 11) is -1.44. The molecule has 276 valence electrons. The maximum Gasteiger partial charge on any atom is 0.870 e. The van der Waals surface area contributed by atoms with Gasteiger partial charge < -0.3 is 55.6 Å². The van der Waals surface area contributed by atoms with E-state index in [9.17, 15) is 0 Å². The zero-order valence-electron chi connectivity index (χ0n) is 30.4. The van der Waals surface area contributed by atoms with Crippen molar-refractivity contribution in [3.05, 3.63) is 72.8 Å². The number of hydrogen-bond acceptors (Lipinski definition) is 12. The first-order valence-electron chi connectivity index (χ1n) is 17.8. The maximum absolute atomic E-state index is 6.18. The van der Waals surface area contributed by atoms with Gasteiger partial charge in [-0.15, -0.1) is 0 Å². The molecule has 0 N–H and O–H groups in total. The van der Waals surface area contributed by atoms with E-state index in [0.29, 0.717) is 53.8 Å². The minimum Gasteiger partial charge on any atom is -0.461 e. The molecular weight excluding hydrogens is 671 g/mol. The van der Waals surface area contributed by atoms with Crippen molar-refractivity contribution >= 4 is 40.2 Å². The van der Waals surface area contributed by atoms with E-state index in [-0.39, 0.29) is 17.8 Å². The Morgan fingerprint density at radius 3 is 1.08 bits per heavy atom. The van der Waals surface area contributed by atoms with Gasteiger partial charge in [-0.2, -0.15) is 0 Å². The van der Waals surface area contributed by atoms with Crippen LogP contribution in [0.3, 0.4) is 0 Å². The summed E-state index contributed by atoms with van der Waals surface area (Å²) in [5.74, 6) is 1.79. The van der Waals surface area contributed by atoms with Crippen LogP contribution in [0, 0.1) is 0 Å². The number of para-hydroxylation sites is 3. The van der Waals surface area contributed by atoms with Gasteiger partial charge in [0.05, 0.1) is 19.8 Å². The molecule has 6 rings (SSSR count). The molecule has 0 saturated heterocycles. The third kappa shape index (κ3) is 9.27. The highest BCUT2D eigenvalue weighted by Gasteiger charge is 2.35. The van der Waals surface area contributed by atoms with Gasteiger partial charge in [0.15, 0.2) is 52.9 Å². The van der Waals surface area contributed by atoms with E-state index in [1.165, 1.54) is 0 Å². The van der Waals surface area contributed by atoms with E-state index in [0.717, 1.165) is 35.4 Å². The molecule has 3 aromatic heterocycles. The van der Waals surface area contributed by atoms with E-state index < -0.39 is 26.2 Å². The standard InChI is InChI=1S/C39H45BO12/c1-7-19-41-25(4)44-31-16-10-13-28-22-34(47-37(28)31)50-40(51-35-23-29-14-11-17-32(38(29)48-35)45-26(5)42-20-8-2)52-36-24-30-15-12-18-33(39(30)49-36)46-27(6)43-21-9-3/h10-18,22-27H,7-9,19-21H2,1-6H3. The zero-order chi connectivity index (χ0) is 36.5. The van der Waals surface area contributed by atoms with Gasteiger partial charge in [0.2, 0.25) is 0 Å². The monoisotopic (exact) mass is 716 g/mol. The summed E-state index contributed by atoms with van der Waals surface area (Å²) in [6.07, 6.45) is 1.17. The minimum absolute atomic E-state index is 0.0993. The Morgan fingerprint density at radius 1 is 0.481 bits per heavy atom. The van der Waals surface area contributed by atoms with Gasteiger partial charge in [0.25, 0.3) is 17.8 Å². The van der Waals surface area contributed by atoms with Gasteiger partial charge in [-0.05, 0) is 58.2 Å². The molecule has 3 aromatic carbocycles. The van der Waals surface area contributed by atoms with Crippen LogP contribution < -0.4 is 28.2 Å². The Morgan fingerprint density at radius 2 is 0.788 bits per heavy atom. The summed E-state index contributed by atoms with van der Waals surface area (Å²) in [5.41, 5.74) is 1.41. The van der Waals surface area contributed by atoms with Crippen LogP contribution in [0.2, 0.25) is 0 Å². The summed E-state index contributed by atoms with van der Waals surface area (Å²) in [5, 5.41) is 2.22. The van der Waals surface area contributed by atoms with Gasteiger partial charge >= 0.3 is 7.32 Å². The molecule has 3 heterocycles. The molecule has 3 atom stereocenters. The summed E-state index contributed by atoms with van der Waals surface area (Å²) >= 11 is 0. The van der Waals surface area contributed by atoms with Crippen LogP contribution in [0.5, 0.6) is 35.1 Å². The molecule has 0 amide bonds. The quantitative estimate of drug-likeness (QED) is 0.0520. The Balaban J connectivity index is 1.28. The number of furan rings is 3. The van der Waals surface area contributed by atoms with Gasteiger partial charge in [0, 0.05) is 34.4 Å². The van der Waals surface area contributed by atoms with Gasteiger partial charge in [0.1, 0.15) is 0 Å². The third-order valence-electron chi connectivity index (χ3n) is 7.64. The van der Waals surface area contributed by atoms with Crippen LogP contribution in [0.4, 0.5) is 0 Å². The lowest BCUT2D eigenvalue weighted by Gasteiger charge is -2.15. The van der Waals surface area contributed by atoms with Crippen molar-refractivity contribution in [1.29, 1.82) is 0 Å². The fraction of sp³-hybridized carbons (Fsp3) is 0.385. The highest BCUT2D eigenvalue weighted by molar-refractivity contribution is 6.39. The zero-order valence-corrected chi connectivity index (χ0v) is 30.4. The molecule has 6 aromatic rings. The van der Waals surface area contributed by atoms with Crippen LogP contribution in [0.15, 0.2) is 86.0 Å². The molecule has 0 fully saturated rings. The molecule has 12 nitrogen and oxygen atoms in total. The van der Waals surface area contributed by atoms with Crippen LogP contribution >= 0.6 is 0 Å². The SMILES string of the molecule is CCCOC(C)Oc1cccc2cc(OB(Oc3cc4cccc(OC(C)OCCC)c4o3)Oc3cc4cccc(OC(C)OCCC)c4o3)oc12. The van der Waals surface area contributed by atoms with Crippen molar-refractivity contribution < 1.29 is 55.6 Å². The molecule has 52 heavy (non-hydrogen) atoms. The topological polar surface area (TPSA) is 122 Å². The first kappa shape index (κ1) is 36.8. The number of benzene rings is 3. The van der Waals surface area contributed by atoms with Gasteiger partial charge in [-0.1, -0.05) is 57.2 Å². The molecular formula is C39H45BO12. The Bertz CT molecular complexity index is 1790. The Hall–Kier alpha value is -4.98. The van der Waals surface area contributed by atoms with Crippen molar-refractivity contribution in [1.82, 2.24) is 0 Å². The lowest BCUT2D eigenvalue weighted by molar-refractivity contribution is -0.0662. The molecule has 0 aliphatic heterocycles. The largest absolute Gasteiger partial charge is 0.870 e. The minimum atomic E-state index is -1.44. The van der Waals surface area contributed by atoms with Gasteiger partial charge in [-0.25, -0.2) is 0 Å². The summed E-state index contributed by atoms with van der Waals surface area (Å²) < 4.78 is 72.1. The van der Waals surface area contributed by atoms with Crippen molar-refractivity contribution in [2.24, 2.45) is 0 Å². The van der Waals surface area contributed by atoms with E-state index in [4.69, 9.17) is 55.6 Å². The highest BCUT2D eigenvalue weighted by Crippen LogP contribution is 2.37. The second kappa shape index (κ2) is 17.5. The van der Waals surface area contributed by atoms with Crippen LogP contribution in [-0.4, -0.2) is 46.0 Å². The normalized spacial score (nSPS) is 13.3. The molecule has 3 unspecified atom stereocenters. The lowest BCUT2D eigenvalue weighted by atomic mass is 10.2. The van der Waals surface area contributed by atoms with Crippen molar-refractivity contribution in [3.8, 4) is 35.1 Å². The summed E-state index contributed by atoms with van der Waals surface area (Å²) in [6, 6.07) is 21.8. The Kier molecular flexibility index (Phi) is 12.4. The molecule has 0 saturated carbocycles. The fourth-order valence-electron chi connectivity index (χ4n) is 5.34. The predicted octanol–water partition coefficient (Wildman–Crippen LogP) is 9.90. The third-order valence-corrected chi connectivity index (χ3v) is 7.64. The predicted molar refractivity (Wildman–Crippen MR) is 195 cm³/mol. The lowest BCUT2D eigenvalue weighted by Crippen LogP contribution is -2.36. The molecule has 0 aliphatic carbocycles. The summed E-state index contributed by atoms with van der Waals surface area (Å²) in [4.78, 5) is 0. The van der Waals surface area contributed by atoms with Crippen molar-refractivity contribution in [2.45, 2.75) is 79.7 Å². The van der Waals surface area contributed by atoms with E-state index in [1.807, 2.05) is 77.9 Å². The molecule has 13 heteroatoms. The van der Waals surface area contributed by atoms with Crippen LogP contribution in [-0.2, 0) is 14.2 Å². The van der Waals surface area contributed by atoms with E-state index >= 15 is 0 Å². The maximum atomic E-state index is 6.18. The first-order valence-corrected chi connectivity index (χ1v) is 17.8. The molecule has 0 radical (unpaired) electrons. The second-order valence-corrected chi connectivity index (χ2v) is 12.0. The molecule has 0 spiro atoms. The average Bonchev–Trinajstić information content (AvgIpc) is 3.86. The number of rotatable bonds is 21. The number of ether oxygens (including phenoxy) is 6. The first-order chi connectivity index (χ1) is 25.3. The number of hydrogen-bond donors (Lipinski definition) is 0. The van der Waals surface area contributed by atoms with Crippen molar-refractivity contribution in [2.75, 3.05) is 19.8 Å². The molecule has 0 bridgehead atoms. The fourth-order valence-corrected chi connectivity index (χ4v) is 5.34. The second-order valence-electron chi connectivity index (χ2n) is 12.0. The highest BCUT2D eigenvalue weighted by atomic mass is 16.8. The Labute approximate surface area is 302 Å². The summed E-state index contributed by atoms with van der Waals surface area (Å²) in [6.45, 7) is 13.3. The van der Waals surface area contributed by atoms with E-state index in [1.54, 1.807) is 36.4 Å². The van der Waals surface area contributed by atoms with Gasteiger partial charge in [-0.3, -0.25) is 0 Å². The smallest absolute Gasteiger partial charge is 0.461 e. The van der Waals surface area contributed by atoms with Crippen molar-refractivity contribution in [3.63, 3.8) is 0 Å². The van der Waals surface area contributed by atoms with Crippen LogP contribution in [0.1, 0.15) is 60.8 Å². The van der Waals surface area contributed by atoms with Crippen LogP contribution in [0.25, 0.3) is 32.9 Å². The van der Waals surface area contributed by atoms with E-state index in [2.05, 4.69) is 0 Å². The number of fused-ring (bicyclic) bond motifs is 3. The average molecular weight is 717 g/mol.